The van der Waals surface area contributed by atoms with Gasteiger partial charge in [0.1, 0.15) is 0 Å². The molecule has 0 aromatic heterocycles. The summed E-state index contributed by atoms with van der Waals surface area (Å²) in [7, 11) is 0. The van der Waals surface area contributed by atoms with Crippen molar-refractivity contribution in [3.05, 3.63) is 70.8 Å². The van der Waals surface area contributed by atoms with Crippen LogP contribution in [0.25, 0.3) is 0 Å². The van der Waals surface area contributed by atoms with Crippen molar-refractivity contribution >= 4 is 0 Å². The number of rotatable bonds is 6. The molecule has 2 aromatic carbocycles. The van der Waals surface area contributed by atoms with Crippen molar-refractivity contribution in [2.75, 3.05) is 0 Å². The van der Waals surface area contributed by atoms with E-state index in [-0.39, 0.29) is 10.8 Å². The second kappa shape index (κ2) is 9.66. The molecule has 0 bridgehead atoms. The van der Waals surface area contributed by atoms with Crippen LogP contribution < -0.4 is 10.6 Å². The first-order valence-electron chi connectivity index (χ1n) is 11.8. The zero-order valence-electron chi connectivity index (χ0n) is 20.0. The van der Waals surface area contributed by atoms with Crippen molar-refractivity contribution in [1.82, 2.24) is 10.6 Å². The summed E-state index contributed by atoms with van der Waals surface area (Å²) in [6, 6.07) is 19.4. The summed E-state index contributed by atoms with van der Waals surface area (Å²) in [6.45, 7) is 15.5. The topological polar surface area (TPSA) is 24.1 Å². The minimum absolute atomic E-state index is 0.218. The van der Waals surface area contributed by atoms with Crippen molar-refractivity contribution in [1.29, 1.82) is 0 Å². The highest BCUT2D eigenvalue weighted by atomic mass is 15.0. The monoisotopic (exact) mass is 406 g/mol. The molecule has 3 rings (SSSR count). The molecule has 30 heavy (non-hydrogen) atoms. The van der Waals surface area contributed by atoms with Gasteiger partial charge in [-0.05, 0) is 45.9 Å². The van der Waals surface area contributed by atoms with Gasteiger partial charge < -0.3 is 10.6 Å². The number of hydrogen-bond donors (Lipinski definition) is 2. The van der Waals surface area contributed by atoms with Gasteiger partial charge in [0.05, 0.1) is 0 Å². The molecular formula is C28H42N2. The van der Waals surface area contributed by atoms with Gasteiger partial charge in [-0.25, -0.2) is 0 Å². The van der Waals surface area contributed by atoms with Gasteiger partial charge >= 0.3 is 0 Å². The lowest BCUT2D eigenvalue weighted by atomic mass is 9.86. The summed E-state index contributed by atoms with van der Waals surface area (Å²) in [4.78, 5) is 0. The van der Waals surface area contributed by atoms with Crippen molar-refractivity contribution in [3.8, 4) is 0 Å². The van der Waals surface area contributed by atoms with Crippen LogP contribution in [0.3, 0.4) is 0 Å². The third-order valence-electron chi connectivity index (χ3n) is 6.54. The highest BCUT2D eigenvalue weighted by Gasteiger charge is 2.24. The molecule has 2 N–H and O–H groups in total. The highest BCUT2D eigenvalue weighted by molar-refractivity contribution is 5.28. The number of nitrogens with one attached hydrogen (secondary N) is 2. The zero-order valence-corrected chi connectivity index (χ0v) is 20.0. The maximum absolute atomic E-state index is 3.85. The van der Waals surface area contributed by atoms with Crippen LogP contribution in [0.5, 0.6) is 0 Å². The van der Waals surface area contributed by atoms with E-state index in [0.717, 1.165) is 13.1 Å². The molecule has 0 radical (unpaired) electrons. The Labute approximate surface area is 184 Å². The second-order valence-corrected chi connectivity index (χ2v) is 11.2. The SMILES string of the molecule is CC(C)(C)c1ccc(CNC2CCCCC2NCc2ccc(C(C)(C)C)cc2)cc1. The van der Waals surface area contributed by atoms with Crippen molar-refractivity contribution in [2.45, 2.75) is 103 Å². The predicted octanol–water partition coefficient (Wildman–Crippen LogP) is 6.47. The maximum atomic E-state index is 3.85. The molecule has 0 saturated heterocycles. The van der Waals surface area contributed by atoms with Crippen LogP contribution in [0.4, 0.5) is 0 Å². The third-order valence-corrected chi connectivity index (χ3v) is 6.54. The Bertz CT molecular complexity index is 706. The summed E-state index contributed by atoms with van der Waals surface area (Å²) in [5, 5.41) is 7.70. The van der Waals surface area contributed by atoms with E-state index in [0.29, 0.717) is 12.1 Å². The Morgan fingerprint density at radius 1 is 0.600 bits per heavy atom. The first-order chi connectivity index (χ1) is 14.1. The van der Waals surface area contributed by atoms with Crippen LogP contribution in [0, 0.1) is 0 Å². The summed E-state index contributed by atoms with van der Waals surface area (Å²) < 4.78 is 0. The van der Waals surface area contributed by atoms with Gasteiger partial charge in [0.15, 0.2) is 0 Å². The highest BCUT2D eigenvalue weighted by Crippen LogP contribution is 2.24. The van der Waals surface area contributed by atoms with Gasteiger partial charge in [0.25, 0.3) is 0 Å². The molecule has 1 aliphatic carbocycles. The summed E-state index contributed by atoms with van der Waals surface area (Å²) in [6.07, 6.45) is 5.19. The number of hydrogen-bond acceptors (Lipinski definition) is 2. The van der Waals surface area contributed by atoms with Gasteiger partial charge in [-0.3, -0.25) is 0 Å². The van der Waals surface area contributed by atoms with Crippen molar-refractivity contribution in [2.24, 2.45) is 0 Å². The fourth-order valence-electron chi connectivity index (χ4n) is 4.36. The van der Waals surface area contributed by atoms with Gasteiger partial charge in [-0.2, -0.15) is 0 Å². The summed E-state index contributed by atoms with van der Waals surface area (Å²) in [5.41, 5.74) is 6.00. The fourth-order valence-corrected chi connectivity index (χ4v) is 4.36. The van der Waals surface area contributed by atoms with Crippen LogP contribution >= 0.6 is 0 Å². The average Bonchev–Trinajstić information content (AvgIpc) is 2.70. The molecule has 1 aliphatic rings. The molecule has 2 unspecified atom stereocenters. The van der Waals surface area contributed by atoms with Gasteiger partial charge in [0.2, 0.25) is 0 Å². The van der Waals surface area contributed by atoms with E-state index in [1.54, 1.807) is 0 Å². The molecule has 0 aliphatic heterocycles. The van der Waals surface area contributed by atoms with Crippen LogP contribution in [-0.4, -0.2) is 12.1 Å². The Kier molecular flexibility index (Phi) is 7.42. The van der Waals surface area contributed by atoms with E-state index < -0.39 is 0 Å². The molecule has 164 valence electrons. The lowest BCUT2D eigenvalue weighted by Gasteiger charge is -2.33. The summed E-state index contributed by atoms with van der Waals surface area (Å²) >= 11 is 0. The maximum Gasteiger partial charge on any atom is 0.0224 e. The van der Waals surface area contributed by atoms with E-state index in [2.05, 4.69) is 101 Å². The van der Waals surface area contributed by atoms with E-state index in [9.17, 15) is 0 Å². The molecule has 0 spiro atoms. The molecule has 0 amide bonds. The molecule has 1 saturated carbocycles. The van der Waals surface area contributed by atoms with E-state index in [4.69, 9.17) is 0 Å². The van der Waals surface area contributed by atoms with Crippen LogP contribution in [0.2, 0.25) is 0 Å². The summed E-state index contributed by atoms with van der Waals surface area (Å²) in [5.74, 6) is 0. The Hall–Kier alpha value is -1.64. The van der Waals surface area contributed by atoms with E-state index in [1.807, 2.05) is 0 Å². The average molecular weight is 407 g/mol. The lowest BCUT2D eigenvalue weighted by molar-refractivity contribution is 0.281. The molecule has 2 nitrogen and oxygen atoms in total. The molecule has 2 atom stereocenters. The van der Waals surface area contributed by atoms with Gasteiger partial charge in [-0.1, -0.05) is 103 Å². The normalized spacial score (nSPS) is 20.3. The largest absolute Gasteiger partial charge is 0.308 e. The van der Waals surface area contributed by atoms with Crippen molar-refractivity contribution in [3.63, 3.8) is 0 Å². The molecule has 0 heterocycles. The van der Waals surface area contributed by atoms with Crippen molar-refractivity contribution < 1.29 is 0 Å². The van der Waals surface area contributed by atoms with Crippen LogP contribution in [-0.2, 0) is 23.9 Å². The van der Waals surface area contributed by atoms with E-state index >= 15 is 0 Å². The van der Waals surface area contributed by atoms with E-state index in [1.165, 1.54) is 47.9 Å². The first-order valence-corrected chi connectivity index (χ1v) is 11.8. The Morgan fingerprint density at radius 2 is 0.933 bits per heavy atom. The Balaban J connectivity index is 1.53. The smallest absolute Gasteiger partial charge is 0.0224 e. The second-order valence-electron chi connectivity index (χ2n) is 11.2. The molecule has 2 aromatic rings. The lowest BCUT2D eigenvalue weighted by Crippen LogP contribution is -2.49. The minimum atomic E-state index is 0.218. The van der Waals surface area contributed by atoms with Gasteiger partial charge in [-0.15, -0.1) is 0 Å². The zero-order chi connectivity index (χ0) is 21.8. The fraction of sp³-hybridized carbons (Fsp3) is 0.571. The third kappa shape index (κ3) is 6.43. The van der Waals surface area contributed by atoms with Crippen LogP contribution in [0.15, 0.2) is 48.5 Å². The number of benzene rings is 2. The van der Waals surface area contributed by atoms with Crippen LogP contribution in [0.1, 0.15) is 89.5 Å². The standard InChI is InChI=1S/C28H42N2/c1-27(2,3)23-15-11-21(12-16-23)19-29-25-9-7-8-10-26(25)30-20-22-13-17-24(18-14-22)28(4,5)6/h11-18,25-26,29-30H,7-10,19-20H2,1-6H3. The predicted molar refractivity (Wildman–Crippen MR) is 130 cm³/mol. The Morgan fingerprint density at radius 3 is 1.23 bits per heavy atom. The molecule has 1 fully saturated rings. The molecular weight excluding hydrogens is 364 g/mol. The minimum Gasteiger partial charge on any atom is -0.308 e. The first kappa shape index (κ1) is 23.0. The van der Waals surface area contributed by atoms with Gasteiger partial charge in [0, 0.05) is 25.2 Å². The molecule has 2 heteroatoms. The quantitative estimate of drug-likeness (QED) is 0.574.